The molecular formula is C24H20ClN5O. The van der Waals surface area contributed by atoms with Crippen LogP contribution in [0.25, 0.3) is 10.5 Å². The summed E-state index contributed by atoms with van der Waals surface area (Å²) in [5.74, 6) is 0. The van der Waals surface area contributed by atoms with Crippen LogP contribution in [-0.2, 0) is 26.1 Å². The molecule has 31 heavy (non-hydrogen) atoms. The van der Waals surface area contributed by atoms with Crippen LogP contribution in [0.4, 0.5) is 5.69 Å². The van der Waals surface area contributed by atoms with E-state index in [1.54, 1.807) is 10.8 Å². The van der Waals surface area contributed by atoms with E-state index in [-0.39, 0.29) is 5.56 Å². The van der Waals surface area contributed by atoms with E-state index in [1.807, 2.05) is 59.1 Å². The Kier molecular flexibility index (Phi) is 5.06. The SMILES string of the molecule is [C-]#[N+]c1cccc(CN2CCc3c(c(=O)n(Cc4ccc(Cl)cc4)c4ccnn34)C2)c1. The van der Waals surface area contributed by atoms with E-state index in [0.717, 1.165) is 41.0 Å². The molecule has 2 aromatic carbocycles. The number of halogens is 1. The maximum absolute atomic E-state index is 13.5. The van der Waals surface area contributed by atoms with Crippen molar-refractivity contribution in [1.29, 1.82) is 0 Å². The second kappa shape index (κ2) is 8.03. The highest BCUT2D eigenvalue weighted by Gasteiger charge is 2.24. The molecule has 0 fully saturated rings. The van der Waals surface area contributed by atoms with Crippen LogP contribution in [0.1, 0.15) is 22.4 Å². The van der Waals surface area contributed by atoms with Crippen LogP contribution in [0.15, 0.2) is 65.6 Å². The third-order valence-electron chi connectivity index (χ3n) is 5.75. The van der Waals surface area contributed by atoms with Gasteiger partial charge in [0, 0.05) is 37.1 Å². The Bertz CT molecular complexity index is 1360. The fraction of sp³-hybridized carbons (Fsp3) is 0.208. The minimum atomic E-state index is 0.0255. The molecule has 5 rings (SSSR count). The summed E-state index contributed by atoms with van der Waals surface area (Å²) in [5, 5.41) is 5.18. The maximum atomic E-state index is 13.5. The van der Waals surface area contributed by atoms with Gasteiger partial charge in [-0.25, -0.2) is 9.36 Å². The van der Waals surface area contributed by atoms with Gasteiger partial charge in [0.25, 0.3) is 5.56 Å². The van der Waals surface area contributed by atoms with Gasteiger partial charge in [-0.3, -0.25) is 14.3 Å². The van der Waals surface area contributed by atoms with Crippen molar-refractivity contribution < 1.29 is 0 Å². The molecule has 0 aliphatic carbocycles. The van der Waals surface area contributed by atoms with Crippen LogP contribution in [-0.4, -0.2) is 25.6 Å². The van der Waals surface area contributed by atoms with Gasteiger partial charge in [-0.1, -0.05) is 48.0 Å². The Morgan fingerprint density at radius 1 is 1.06 bits per heavy atom. The molecule has 0 saturated carbocycles. The molecule has 3 heterocycles. The van der Waals surface area contributed by atoms with Crippen molar-refractivity contribution in [2.75, 3.05) is 6.54 Å². The summed E-state index contributed by atoms with van der Waals surface area (Å²) in [5.41, 5.74) is 5.34. The van der Waals surface area contributed by atoms with E-state index < -0.39 is 0 Å². The van der Waals surface area contributed by atoms with Gasteiger partial charge in [0.05, 0.1) is 30.6 Å². The molecule has 6 nitrogen and oxygen atoms in total. The van der Waals surface area contributed by atoms with E-state index in [4.69, 9.17) is 18.2 Å². The lowest BCUT2D eigenvalue weighted by Gasteiger charge is -2.29. The molecular weight excluding hydrogens is 410 g/mol. The largest absolute Gasteiger partial charge is 0.294 e. The molecule has 1 aliphatic rings. The molecule has 0 spiro atoms. The van der Waals surface area contributed by atoms with Crippen molar-refractivity contribution >= 4 is 22.9 Å². The van der Waals surface area contributed by atoms with E-state index in [0.29, 0.717) is 30.3 Å². The Morgan fingerprint density at radius 2 is 1.90 bits per heavy atom. The van der Waals surface area contributed by atoms with Crippen molar-refractivity contribution in [2.24, 2.45) is 0 Å². The van der Waals surface area contributed by atoms with Gasteiger partial charge in [0.1, 0.15) is 5.65 Å². The highest BCUT2D eigenvalue weighted by molar-refractivity contribution is 6.30. The second-order valence-electron chi connectivity index (χ2n) is 7.79. The summed E-state index contributed by atoms with van der Waals surface area (Å²) < 4.78 is 3.70. The zero-order valence-corrected chi connectivity index (χ0v) is 17.6. The van der Waals surface area contributed by atoms with Crippen LogP contribution >= 0.6 is 11.6 Å². The Hall–Kier alpha value is -3.40. The maximum Gasteiger partial charge on any atom is 0.258 e. The van der Waals surface area contributed by atoms with Crippen LogP contribution in [0, 0.1) is 6.57 Å². The van der Waals surface area contributed by atoms with Gasteiger partial charge < -0.3 is 0 Å². The van der Waals surface area contributed by atoms with E-state index in [1.165, 1.54) is 0 Å². The first-order chi connectivity index (χ1) is 15.1. The molecule has 0 unspecified atom stereocenters. The minimum Gasteiger partial charge on any atom is -0.294 e. The van der Waals surface area contributed by atoms with Crippen molar-refractivity contribution in [1.82, 2.24) is 19.1 Å². The minimum absolute atomic E-state index is 0.0255. The summed E-state index contributed by atoms with van der Waals surface area (Å²) >= 11 is 6.02. The van der Waals surface area contributed by atoms with Gasteiger partial charge in [-0.15, -0.1) is 0 Å². The van der Waals surface area contributed by atoms with Crippen LogP contribution < -0.4 is 5.56 Å². The lowest BCUT2D eigenvalue weighted by Crippen LogP contribution is -2.38. The summed E-state index contributed by atoms with van der Waals surface area (Å²) in [6.07, 6.45) is 2.50. The zero-order valence-electron chi connectivity index (χ0n) is 16.8. The lowest BCUT2D eigenvalue weighted by atomic mass is 10.1. The number of hydrogen-bond acceptors (Lipinski definition) is 3. The highest BCUT2D eigenvalue weighted by atomic mass is 35.5. The lowest BCUT2D eigenvalue weighted by molar-refractivity contribution is 0.239. The zero-order chi connectivity index (χ0) is 21.4. The molecule has 0 amide bonds. The summed E-state index contributed by atoms with van der Waals surface area (Å²) in [4.78, 5) is 19.3. The molecule has 7 heteroatoms. The van der Waals surface area contributed by atoms with Gasteiger partial charge in [-0.2, -0.15) is 5.10 Å². The predicted molar refractivity (Wildman–Crippen MR) is 121 cm³/mol. The molecule has 0 bridgehead atoms. The highest BCUT2D eigenvalue weighted by Crippen LogP contribution is 2.22. The van der Waals surface area contributed by atoms with Gasteiger partial charge >= 0.3 is 0 Å². The first kappa shape index (κ1) is 19.6. The van der Waals surface area contributed by atoms with Crippen LogP contribution in [0.2, 0.25) is 5.02 Å². The van der Waals surface area contributed by atoms with Crippen molar-refractivity contribution in [3.8, 4) is 0 Å². The predicted octanol–water partition coefficient (Wildman–Crippen LogP) is 4.31. The number of nitrogens with zero attached hydrogens (tertiary/aromatic N) is 5. The smallest absolute Gasteiger partial charge is 0.258 e. The Balaban J connectivity index is 1.50. The third kappa shape index (κ3) is 3.74. The summed E-state index contributed by atoms with van der Waals surface area (Å²) in [7, 11) is 0. The third-order valence-corrected chi connectivity index (χ3v) is 6.00. The molecule has 0 saturated heterocycles. The van der Waals surface area contributed by atoms with E-state index in [9.17, 15) is 4.79 Å². The number of benzene rings is 2. The standard InChI is InChI=1S/C24H20ClN5O/c1-26-20-4-2-3-18(13-20)14-28-12-10-22-21(16-28)24(31)29(23-9-11-27-30(22)23)15-17-5-7-19(25)8-6-17/h2-9,11,13H,10,12,14-16H2. The number of rotatable bonds is 4. The van der Waals surface area contributed by atoms with Crippen molar-refractivity contribution in [2.45, 2.75) is 26.1 Å². The number of fused-ring (bicyclic) bond motifs is 3. The summed E-state index contributed by atoms with van der Waals surface area (Å²) in [6, 6.07) is 17.1. The Labute approximate surface area is 184 Å². The molecule has 1 aliphatic heterocycles. The molecule has 2 aromatic heterocycles. The fourth-order valence-corrected chi connectivity index (χ4v) is 4.38. The normalized spacial score (nSPS) is 13.8. The van der Waals surface area contributed by atoms with Gasteiger partial charge in [0.15, 0.2) is 5.69 Å². The number of aromatic nitrogens is 3. The molecule has 0 atom stereocenters. The average Bonchev–Trinajstić information content (AvgIpc) is 3.28. The monoisotopic (exact) mass is 429 g/mol. The first-order valence-electron chi connectivity index (χ1n) is 10.1. The van der Waals surface area contributed by atoms with Gasteiger partial charge in [-0.05, 0) is 23.3 Å². The first-order valence-corrected chi connectivity index (χ1v) is 10.5. The second-order valence-corrected chi connectivity index (χ2v) is 8.22. The molecule has 4 aromatic rings. The van der Waals surface area contributed by atoms with E-state index >= 15 is 0 Å². The quantitative estimate of drug-likeness (QED) is 0.454. The van der Waals surface area contributed by atoms with E-state index in [2.05, 4.69) is 14.8 Å². The topological polar surface area (TPSA) is 46.9 Å². The Morgan fingerprint density at radius 3 is 2.71 bits per heavy atom. The van der Waals surface area contributed by atoms with Crippen LogP contribution in [0.3, 0.4) is 0 Å². The fourth-order valence-electron chi connectivity index (χ4n) is 4.25. The van der Waals surface area contributed by atoms with Crippen LogP contribution in [0.5, 0.6) is 0 Å². The molecule has 0 N–H and O–H groups in total. The van der Waals surface area contributed by atoms with Crippen molar-refractivity contribution in [3.05, 3.63) is 110 Å². The summed E-state index contributed by atoms with van der Waals surface area (Å²) in [6.45, 7) is 9.79. The van der Waals surface area contributed by atoms with Gasteiger partial charge in [0.2, 0.25) is 0 Å². The van der Waals surface area contributed by atoms with Crippen molar-refractivity contribution in [3.63, 3.8) is 0 Å². The average molecular weight is 430 g/mol. The molecule has 154 valence electrons. The molecule has 0 radical (unpaired) electrons. The number of hydrogen-bond donors (Lipinski definition) is 0.